The van der Waals surface area contributed by atoms with Gasteiger partial charge in [0.1, 0.15) is 11.6 Å². The van der Waals surface area contributed by atoms with Crippen molar-refractivity contribution < 1.29 is 39.9 Å². The lowest BCUT2D eigenvalue weighted by atomic mass is 9.96. The standard InChI is InChI=1S/C34H27F8N7O/c35-21-9-7-20(27(15-21)34(40,41)42)13-23(17-33(37,38)39)43-29-12-8-19(24-3-1-2-4-26(24)31-46-48-49-47-31)14-30(29)45-32(50)44-22-10-11-25(18-5-6-18)28(36)16-22/h1-4,7-12,14-16,18,23,43H,5-6,13,17H2,(H2,44,45,50)(H,46,47,48,49). The predicted octanol–water partition coefficient (Wildman–Crippen LogP) is 9.33. The molecule has 4 aromatic carbocycles. The summed E-state index contributed by atoms with van der Waals surface area (Å²) in [5.74, 6) is -1.27. The molecule has 1 heterocycles. The summed E-state index contributed by atoms with van der Waals surface area (Å²) in [5.41, 5.74) is 0.130. The van der Waals surface area contributed by atoms with Gasteiger partial charge in [-0.15, -0.1) is 5.10 Å². The van der Waals surface area contributed by atoms with E-state index in [1.165, 1.54) is 24.3 Å². The number of tetrazole rings is 1. The van der Waals surface area contributed by atoms with E-state index in [9.17, 15) is 39.9 Å². The second-order valence-corrected chi connectivity index (χ2v) is 11.8. The van der Waals surface area contributed by atoms with Gasteiger partial charge in [-0.05, 0) is 94.3 Å². The summed E-state index contributed by atoms with van der Waals surface area (Å²) < 4.78 is 111. The van der Waals surface area contributed by atoms with Crippen LogP contribution in [0.5, 0.6) is 0 Å². The minimum atomic E-state index is -5.03. The lowest BCUT2D eigenvalue weighted by Gasteiger charge is -2.25. The number of anilines is 3. The van der Waals surface area contributed by atoms with Crippen LogP contribution in [-0.4, -0.2) is 38.9 Å². The summed E-state index contributed by atoms with van der Waals surface area (Å²) in [5, 5.41) is 21.5. The number of H-pyrrole nitrogens is 1. The van der Waals surface area contributed by atoms with Gasteiger partial charge in [0.05, 0.1) is 23.4 Å². The van der Waals surface area contributed by atoms with Crippen molar-refractivity contribution in [2.45, 2.75) is 50.0 Å². The molecule has 1 aliphatic rings. The number of hydrogen-bond acceptors (Lipinski definition) is 5. The number of alkyl halides is 6. The Hall–Kier alpha value is -5.54. The van der Waals surface area contributed by atoms with Gasteiger partial charge >= 0.3 is 18.4 Å². The first-order valence-corrected chi connectivity index (χ1v) is 15.3. The van der Waals surface area contributed by atoms with Gasteiger partial charge in [0, 0.05) is 17.3 Å². The number of aromatic amines is 1. The molecule has 1 saturated carbocycles. The van der Waals surface area contributed by atoms with Crippen molar-refractivity contribution in [2.75, 3.05) is 16.0 Å². The van der Waals surface area contributed by atoms with Crippen molar-refractivity contribution >= 4 is 23.1 Å². The van der Waals surface area contributed by atoms with Gasteiger partial charge in [0.25, 0.3) is 0 Å². The van der Waals surface area contributed by atoms with Crippen LogP contribution in [-0.2, 0) is 12.6 Å². The van der Waals surface area contributed by atoms with Crippen LogP contribution in [0.3, 0.4) is 0 Å². The monoisotopic (exact) mass is 701 g/mol. The van der Waals surface area contributed by atoms with Crippen LogP contribution in [0.2, 0.25) is 0 Å². The molecule has 1 aliphatic carbocycles. The molecule has 6 rings (SSSR count). The number of carbonyl (C=O) groups excluding carboxylic acids is 1. The van der Waals surface area contributed by atoms with Crippen LogP contribution in [0.25, 0.3) is 22.5 Å². The molecule has 1 unspecified atom stereocenters. The van der Waals surface area contributed by atoms with Crippen molar-refractivity contribution in [1.29, 1.82) is 0 Å². The highest BCUT2D eigenvalue weighted by atomic mass is 19.4. The summed E-state index contributed by atoms with van der Waals surface area (Å²) in [6.45, 7) is 0. The first kappa shape index (κ1) is 34.3. The average Bonchev–Trinajstić information content (AvgIpc) is 3.73. The summed E-state index contributed by atoms with van der Waals surface area (Å²) in [6.07, 6.45) is -10.5. The fourth-order valence-electron chi connectivity index (χ4n) is 5.70. The van der Waals surface area contributed by atoms with Crippen molar-refractivity contribution in [1.82, 2.24) is 20.6 Å². The summed E-state index contributed by atoms with van der Waals surface area (Å²) in [7, 11) is 0. The third kappa shape index (κ3) is 8.36. The Morgan fingerprint density at radius 1 is 0.860 bits per heavy atom. The van der Waals surface area contributed by atoms with Crippen LogP contribution < -0.4 is 16.0 Å². The van der Waals surface area contributed by atoms with E-state index < -0.39 is 60.0 Å². The van der Waals surface area contributed by atoms with Gasteiger partial charge in [-0.3, -0.25) is 0 Å². The molecule has 8 nitrogen and oxygen atoms in total. The minimum Gasteiger partial charge on any atom is -0.380 e. The molecule has 0 saturated heterocycles. The molecule has 50 heavy (non-hydrogen) atoms. The molecule has 1 aromatic heterocycles. The van der Waals surface area contributed by atoms with Gasteiger partial charge in [0.15, 0.2) is 5.82 Å². The molecule has 0 spiro atoms. The summed E-state index contributed by atoms with van der Waals surface area (Å²) >= 11 is 0. The average molecular weight is 702 g/mol. The lowest BCUT2D eigenvalue weighted by molar-refractivity contribution is -0.139. The zero-order chi connectivity index (χ0) is 35.6. The number of aromatic nitrogens is 4. The second-order valence-electron chi connectivity index (χ2n) is 11.8. The van der Waals surface area contributed by atoms with E-state index in [1.54, 1.807) is 30.3 Å². The number of rotatable bonds is 10. The molecule has 16 heteroatoms. The largest absolute Gasteiger partial charge is 0.416 e. The van der Waals surface area contributed by atoms with Crippen LogP contribution in [0, 0.1) is 11.6 Å². The quantitative estimate of drug-likeness (QED) is 0.109. The number of nitrogens with one attached hydrogen (secondary N) is 4. The van der Waals surface area contributed by atoms with Gasteiger partial charge < -0.3 is 16.0 Å². The number of hydrogen-bond donors (Lipinski definition) is 4. The molecular weight excluding hydrogens is 674 g/mol. The summed E-state index contributed by atoms with van der Waals surface area (Å²) in [4.78, 5) is 13.2. The molecule has 4 N–H and O–H groups in total. The van der Waals surface area contributed by atoms with Crippen molar-refractivity contribution in [3.05, 3.63) is 107 Å². The highest BCUT2D eigenvalue weighted by molar-refractivity contribution is 6.02. The van der Waals surface area contributed by atoms with E-state index in [0.717, 1.165) is 31.0 Å². The normalized spacial score (nSPS) is 13.9. The molecule has 5 aromatic rings. The smallest absolute Gasteiger partial charge is 0.380 e. The minimum absolute atomic E-state index is 0.0529. The van der Waals surface area contributed by atoms with Gasteiger partial charge in [-0.25, -0.2) is 18.7 Å². The Balaban J connectivity index is 1.35. The van der Waals surface area contributed by atoms with E-state index in [-0.39, 0.29) is 29.0 Å². The molecule has 1 fully saturated rings. The van der Waals surface area contributed by atoms with Gasteiger partial charge in [-0.1, -0.05) is 42.5 Å². The molecule has 0 radical (unpaired) electrons. The maximum Gasteiger partial charge on any atom is 0.416 e. The number of nitrogens with zero attached hydrogens (tertiary/aromatic N) is 3. The first-order valence-electron chi connectivity index (χ1n) is 15.3. The third-order valence-electron chi connectivity index (χ3n) is 8.06. The Kier molecular flexibility index (Phi) is 9.45. The molecule has 1 atom stereocenters. The van der Waals surface area contributed by atoms with Crippen LogP contribution >= 0.6 is 0 Å². The molecule has 260 valence electrons. The number of amides is 2. The van der Waals surface area contributed by atoms with Crippen LogP contribution in [0.15, 0.2) is 78.9 Å². The maximum absolute atomic E-state index is 14.7. The molecule has 0 bridgehead atoms. The molecule has 2 amide bonds. The highest BCUT2D eigenvalue weighted by Crippen LogP contribution is 2.42. The van der Waals surface area contributed by atoms with E-state index in [0.29, 0.717) is 28.1 Å². The van der Waals surface area contributed by atoms with E-state index in [2.05, 4.69) is 36.6 Å². The van der Waals surface area contributed by atoms with Crippen molar-refractivity contribution in [2.24, 2.45) is 0 Å². The number of carbonyl (C=O) groups is 1. The van der Waals surface area contributed by atoms with Gasteiger partial charge in [0.2, 0.25) is 0 Å². The highest BCUT2D eigenvalue weighted by Gasteiger charge is 2.37. The van der Waals surface area contributed by atoms with Crippen molar-refractivity contribution in [3.63, 3.8) is 0 Å². The van der Waals surface area contributed by atoms with E-state index in [4.69, 9.17) is 0 Å². The van der Waals surface area contributed by atoms with Crippen molar-refractivity contribution in [3.8, 4) is 22.5 Å². The van der Waals surface area contributed by atoms with E-state index >= 15 is 0 Å². The Labute approximate surface area is 279 Å². The Morgan fingerprint density at radius 2 is 1.62 bits per heavy atom. The van der Waals surface area contributed by atoms with Crippen LogP contribution in [0.4, 0.5) is 57.0 Å². The number of urea groups is 1. The Morgan fingerprint density at radius 3 is 2.28 bits per heavy atom. The Bertz CT molecular complexity index is 1990. The fraction of sp³-hybridized carbons (Fsp3) is 0.235. The zero-order valence-electron chi connectivity index (χ0n) is 25.8. The lowest BCUT2D eigenvalue weighted by Crippen LogP contribution is -2.30. The number of benzene rings is 4. The number of halogens is 8. The second kappa shape index (κ2) is 13.8. The van der Waals surface area contributed by atoms with Gasteiger partial charge in [-0.2, -0.15) is 26.3 Å². The molecular formula is C34H27F8N7O. The first-order chi connectivity index (χ1) is 23.7. The van der Waals surface area contributed by atoms with Crippen LogP contribution in [0.1, 0.15) is 41.9 Å². The van der Waals surface area contributed by atoms with E-state index in [1.807, 2.05) is 0 Å². The third-order valence-corrected chi connectivity index (χ3v) is 8.06. The topological polar surface area (TPSA) is 108 Å². The maximum atomic E-state index is 14.7. The fourth-order valence-corrected chi connectivity index (χ4v) is 5.70. The SMILES string of the molecule is O=C(Nc1ccc(C2CC2)c(F)c1)Nc1cc(-c2ccccc2-c2nnn[nH]2)ccc1NC(Cc1ccc(F)cc1C(F)(F)F)CC(F)(F)F. The predicted molar refractivity (Wildman–Crippen MR) is 169 cm³/mol. The summed E-state index contributed by atoms with van der Waals surface area (Å²) in [6, 6.07) is 14.7. The zero-order valence-corrected chi connectivity index (χ0v) is 25.8. The molecule has 0 aliphatic heterocycles.